The molecule has 0 aliphatic carbocycles. The van der Waals surface area contributed by atoms with Gasteiger partial charge < -0.3 is 0 Å². The van der Waals surface area contributed by atoms with Gasteiger partial charge in [0, 0.05) is 16.7 Å². The summed E-state index contributed by atoms with van der Waals surface area (Å²) in [6.07, 6.45) is 0. The summed E-state index contributed by atoms with van der Waals surface area (Å²) in [4.78, 5) is 0. The van der Waals surface area contributed by atoms with E-state index in [1.165, 1.54) is 16.3 Å². The average molecular weight is 358 g/mol. The van der Waals surface area contributed by atoms with Crippen LogP contribution in [0.4, 0.5) is 0 Å². The molecule has 0 fully saturated rings. The van der Waals surface area contributed by atoms with Crippen molar-refractivity contribution in [3.8, 4) is 33.6 Å². The summed E-state index contributed by atoms with van der Waals surface area (Å²) in [6, 6.07) is 37.5. The van der Waals surface area contributed by atoms with Gasteiger partial charge in [-0.05, 0) is 22.4 Å². The van der Waals surface area contributed by atoms with Gasteiger partial charge in [0.05, 0.1) is 5.69 Å². The molecule has 0 amide bonds. The second-order valence-corrected chi connectivity index (χ2v) is 6.75. The van der Waals surface area contributed by atoms with E-state index in [9.17, 15) is 0 Å². The van der Waals surface area contributed by atoms with Gasteiger partial charge in [0.15, 0.2) is 0 Å². The SMILES string of the molecule is c1ccc(-c2cc(-c3cccc4ccccc34)c(-c3ccccc3)nn2)cc1. The van der Waals surface area contributed by atoms with E-state index in [0.717, 1.165) is 28.1 Å². The smallest absolute Gasteiger partial charge is 0.101 e. The van der Waals surface area contributed by atoms with Gasteiger partial charge in [-0.25, -0.2) is 0 Å². The summed E-state index contributed by atoms with van der Waals surface area (Å²) < 4.78 is 0. The van der Waals surface area contributed by atoms with Crippen LogP contribution < -0.4 is 0 Å². The van der Waals surface area contributed by atoms with Gasteiger partial charge in [0.2, 0.25) is 0 Å². The highest BCUT2D eigenvalue weighted by Gasteiger charge is 2.14. The minimum Gasteiger partial charge on any atom is -0.150 e. The molecule has 0 aliphatic heterocycles. The summed E-state index contributed by atoms with van der Waals surface area (Å²) >= 11 is 0. The molecule has 0 saturated carbocycles. The van der Waals surface area contributed by atoms with Crippen molar-refractivity contribution in [2.45, 2.75) is 0 Å². The number of fused-ring (bicyclic) bond motifs is 1. The molecule has 0 unspecified atom stereocenters. The molecule has 0 saturated heterocycles. The Hall–Kier alpha value is -3.78. The van der Waals surface area contributed by atoms with Crippen molar-refractivity contribution in [3.05, 3.63) is 109 Å². The fourth-order valence-corrected chi connectivity index (χ4v) is 3.62. The molecule has 0 aliphatic rings. The van der Waals surface area contributed by atoms with Gasteiger partial charge in [0.1, 0.15) is 5.69 Å². The minimum absolute atomic E-state index is 0.878. The van der Waals surface area contributed by atoms with Gasteiger partial charge in [-0.3, -0.25) is 0 Å². The van der Waals surface area contributed by atoms with Gasteiger partial charge in [-0.15, -0.1) is 10.2 Å². The lowest BCUT2D eigenvalue weighted by molar-refractivity contribution is 1.05. The average Bonchev–Trinajstić information content (AvgIpc) is 2.79. The Morgan fingerprint density at radius 1 is 0.464 bits per heavy atom. The maximum absolute atomic E-state index is 4.66. The topological polar surface area (TPSA) is 25.8 Å². The first-order valence-corrected chi connectivity index (χ1v) is 9.37. The van der Waals surface area contributed by atoms with E-state index in [-0.39, 0.29) is 0 Å². The summed E-state index contributed by atoms with van der Waals surface area (Å²) in [5.41, 5.74) is 6.18. The zero-order chi connectivity index (χ0) is 18.8. The number of aromatic nitrogens is 2. The second kappa shape index (κ2) is 7.09. The molecule has 0 atom stereocenters. The third-order valence-electron chi connectivity index (χ3n) is 4.99. The molecule has 1 aromatic heterocycles. The van der Waals surface area contributed by atoms with E-state index in [1.54, 1.807) is 0 Å². The van der Waals surface area contributed by atoms with E-state index in [0.29, 0.717) is 0 Å². The van der Waals surface area contributed by atoms with Crippen molar-refractivity contribution in [2.24, 2.45) is 0 Å². The first kappa shape index (κ1) is 16.4. The highest BCUT2D eigenvalue weighted by molar-refractivity contribution is 6.00. The Kier molecular flexibility index (Phi) is 4.15. The molecule has 2 heteroatoms. The van der Waals surface area contributed by atoms with E-state index in [1.807, 2.05) is 36.4 Å². The Balaban J connectivity index is 1.80. The largest absolute Gasteiger partial charge is 0.150 e. The van der Waals surface area contributed by atoms with Crippen LogP contribution in [0.3, 0.4) is 0 Å². The van der Waals surface area contributed by atoms with Gasteiger partial charge in [-0.1, -0.05) is 103 Å². The maximum Gasteiger partial charge on any atom is 0.101 e. The minimum atomic E-state index is 0.878. The lowest BCUT2D eigenvalue weighted by Crippen LogP contribution is -1.96. The molecule has 5 rings (SSSR count). The molecule has 0 N–H and O–H groups in total. The molecule has 4 aromatic carbocycles. The quantitative estimate of drug-likeness (QED) is 0.362. The van der Waals surface area contributed by atoms with Crippen LogP contribution >= 0.6 is 0 Å². The lowest BCUT2D eigenvalue weighted by atomic mass is 9.94. The van der Waals surface area contributed by atoms with Crippen LogP contribution in [0.2, 0.25) is 0 Å². The Labute approximate surface area is 164 Å². The third kappa shape index (κ3) is 2.95. The third-order valence-corrected chi connectivity index (χ3v) is 4.99. The van der Waals surface area contributed by atoms with Crippen LogP contribution in [0.1, 0.15) is 0 Å². The molecule has 132 valence electrons. The predicted octanol–water partition coefficient (Wildman–Crippen LogP) is 6.63. The van der Waals surface area contributed by atoms with Crippen molar-refractivity contribution in [1.82, 2.24) is 10.2 Å². The molecule has 2 nitrogen and oxygen atoms in total. The maximum atomic E-state index is 4.66. The second-order valence-electron chi connectivity index (χ2n) is 6.75. The predicted molar refractivity (Wildman–Crippen MR) is 116 cm³/mol. The fourth-order valence-electron chi connectivity index (χ4n) is 3.62. The molecule has 0 radical (unpaired) electrons. The van der Waals surface area contributed by atoms with Gasteiger partial charge in [-0.2, -0.15) is 0 Å². The molecule has 28 heavy (non-hydrogen) atoms. The number of rotatable bonds is 3. The lowest BCUT2D eigenvalue weighted by Gasteiger charge is -2.13. The molecular formula is C26H18N2. The summed E-state index contributed by atoms with van der Waals surface area (Å²) in [6.45, 7) is 0. The zero-order valence-electron chi connectivity index (χ0n) is 15.3. The Morgan fingerprint density at radius 3 is 1.89 bits per heavy atom. The first-order chi connectivity index (χ1) is 13.9. The Bertz CT molecular complexity index is 1240. The molecule has 5 aromatic rings. The van der Waals surface area contributed by atoms with Crippen LogP contribution in [-0.4, -0.2) is 10.2 Å². The molecular weight excluding hydrogens is 340 g/mol. The van der Waals surface area contributed by atoms with Crippen LogP contribution in [-0.2, 0) is 0 Å². The van der Waals surface area contributed by atoms with Crippen LogP contribution in [0.25, 0.3) is 44.4 Å². The number of hydrogen-bond acceptors (Lipinski definition) is 2. The number of benzene rings is 4. The van der Waals surface area contributed by atoms with Crippen molar-refractivity contribution >= 4 is 10.8 Å². The monoisotopic (exact) mass is 358 g/mol. The number of nitrogens with zero attached hydrogens (tertiary/aromatic N) is 2. The summed E-state index contributed by atoms with van der Waals surface area (Å²) in [7, 11) is 0. The van der Waals surface area contributed by atoms with E-state index < -0.39 is 0 Å². The van der Waals surface area contributed by atoms with E-state index >= 15 is 0 Å². The molecule has 0 bridgehead atoms. The van der Waals surface area contributed by atoms with Gasteiger partial charge in [0.25, 0.3) is 0 Å². The molecule has 0 spiro atoms. The summed E-state index contributed by atoms with van der Waals surface area (Å²) in [5.74, 6) is 0. The van der Waals surface area contributed by atoms with Crippen molar-refractivity contribution in [1.29, 1.82) is 0 Å². The normalized spacial score (nSPS) is 10.9. The van der Waals surface area contributed by atoms with Crippen molar-refractivity contribution < 1.29 is 0 Å². The van der Waals surface area contributed by atoms with Crippen molar-refractivity contribution in [3.63, 3.8) is 0 Å². The highest BCUT2D eigenvalue weighted by Crippen LogP contribution is 2.36. The van der Waals surface area contributed by atoms with E-state index in [4.69, 9.17) is 0 Å². The summed E-state index contributed by atoms with van der Waals surface area (Å²) in [5, 5.41) is 11.6. The fraction of sp³-hybridized carbons (Fsp3) is 0. The number of hydrogen-bond donors (Lipinski definition) is 0. The first-order valence-electron chi connectivity index (χ1n) is 9.37. The molecule has 1 heterocycles. The van der Waals surface area contributed by atoms with Crippen LogP contribution in [0.5, 0.6) is 0 Å². The van der Waals surface area contributed by atoms with Crippen LogP contribution in [0, 0.1) is 0 Å². The van der Waals surface area contributed by atoms with Gasteiger partial charge >= 0.3 is 0 Å². The van der Waals surface area contributed by atoms with Crippen LogP contribution in [0.15, 0.2) is 109 Å². The Morgan fingerprint density at radius 2 is 1.11 bits per heavy atom. The zero-order valence-corrected chi connectivity index (χ0v) is 15.3. The van der Waals surface area contributed by atoms with Crippen molar-refractivity contribution in [2.75, 3.05) is 0 Å². The standard InChI is InChI=1S/C26H18N2/c1-3-11-20(12-4-1)25-18-24(26(28-27-25)21-13-5-2-6-14-21)23-17-9-15-19-10-7-8-16-22(19)23/h1-18H. The highest BCUT2D eigenvalue weighted by atomic mass is 15.1. The van der Waals surface area contributed by atoms with E-state index in [2.05, 4.69) is 83.0 Å².